The van der Waals surface area contributed by atoms with Gasteiger partial charge in [0.05, 0.1) is 11.9 Å². The van der Waals surface area contributed by atoms with E-state index in [1.165, 1.54) is 0 Å². The van der Waals surface area contributed by atoms with Crippen LogP contribution in [0.1, 0.15) is 12.6 Å². The molecule has 0 aliphatic rings. The summed E-state index contributed by atoms with van der Waals surface area (Å²) in [7, 11) is 0. The number of hydrazone groups is 1. The fraction of sp³-hybridized carbons (Fsp3) is 0.118. The average Bonchev–Trinajstić information content (AvgIpc) is 2.65. The van der Waals surface area contributed by atoms with Crippen LogP contribution < -0.4 is 10.2 Å². The number of pyridine rings is 1. The second-order valence-corrected chi connectivity index (χ2v) is 4.94. The van der Waals surface area contributed by atoms with E-state index >= 15 is 0 Å². The monoisotopic (exact) mass is 321 g/mol. The lowest BCUT2D eigenvalue weighted by Crippen LogP contribution is -2.25. The van der Waals surface area contributed by atoms with Gasteiger partial charge >= 0.3 is 0 Å². The Morgan fingerprint density at radius 3 is 2.88 bits per heavy atom. The summed E-state index contributed by atoms with van der Waals surface area (Å²) in [6.45, 7) is 1.58. The third-order valence-corrected chi connectivity index (χ3v) is 3.24. The van der Waals surface area contributed by atoms with Crippen molar-refractivity contribution in [2.45, 2.75) is 6.92 Å². The van der Waals surface area contributed by atoms with Crippen LogP contribution in [-0.4, -0.2) is 33.2 Å². The Morgan fingerprint density at radius 2 is 2.04 bits per heavy atom. The van der Waals surface area contributed by atoms with Gasteiger partial charge < -0.3 is 4.74 Å². The third kappa shape index (κ3) is 3.70. The number of carbonyl (C=O) groups excluding carboxylic acids is 1. The van der Waals surface area contributed by atoms with Gasteiger partial charge in [0.15, 0.2) is 6.61 Å². The molecular weight excluding hydrogens is 306 g/mol. The summed E-state index contributed by atoms with van der Waals surface area (Å²) in [4.78, 5) is 24.2. The molecule has 0 unspecified atom stereocenters. The van der Waals surface area contributed by atoms with Gasteiger partial charge in [-0.1, -0.05) is 18.2 Å². The summed E-state index contributed by atoms with van der Waals surface area (Å²) in [6.07, 6.45) is 6.39. The van der Waals surface area contributed by atoms with Gasteiger partial charge in [0.2, 0.25) is 0 Å². The van der Waals surface area contributed by atoms with E-state index in [0.29, 0.717) is 22.7 Å². The highest BCUT2D eigenvalue weighted by Crippen LogP contribution is 2.22. The average molecular weight is 321 g/mol. The number of benzene rings is 1. The molecule has 120 valence electrons. The van der Waals surface area contributed by atoms with Crippen LogP contribution in [0.4, 0.5) is 0 Å². The standard InChI is InChI=1S/C17H15N5O2/c1-12(14-10-18-8-9-19-14)21-22-16(23)11-24-15-6-2-4-13-5-3-7-20-17(13)15/h2-10H,11H2,1H3,(H,22,23)/b21-12+. The predicted octanol–water partition coefficient (Wildman–Crippen LogP) is 1.94. The number of rotatable bonds is 5. The minimum Gasteiger partial charge on any atom is -0.481 e. The Hall–Kier alpha value is -3.35. The number of para-hydroxylation sites is 1. The molecule has 0 saturated carbocycles. The van der Waals surface area contributed by atoms with Crippen molar-refractivity contribution in [3.63, 3.8) is 0 Å². The first-order chi connectivity index (χ1) is 11.7. The topological polar surface area (TPSA) is 89.4 Å². The molecule has 0 fully saturated rings. The van der Waals surface area contributed by atoms with Crippen LogP contribution in [0.25, 0.3) is 10.9 Å². The zero-order chi connectivity index (χ0) is 16.8. The lowest BCUT2D eigenvalue weighted by molar-refractivity contribution is -0.123. The zero-order valence-electron chi connectivity index (χ0n) is 13.0. The van der Waals surface area contributed by atoms with Gasteiger partial charge in [-0.3, -0.25) is 19.7 Å². The van der Waals surface area contributed by atoms with Crippen molar-refractivity contribution in [1.82, 2.24) is 20.4 Å². The first-order valence-electron chi connectivity index (χ1n) is 7.30. The van der Waals surface area contributed by atoms with E-state index in [4.69, 9.17) is 4.74 Å². The molecule has 3 aromatic rings. The largest absolute Gasteiger partial charge is 0.481 e. The molecule has 1 N–H and O–H groups in total. The number of hydrogen-bond donors (Lipinski definition) is 1. The first-order valence-corrected chi connectivity index (χ1v) is 7.30. The molecule has 2 heterocycles. The molecule has 0 saturated heterocycles. The maximum Gasteiger partial charge on any atom is 0.277 e. The van der Waals surface area contributed by atoms with E-state index in [1.807, 2.05) is 24.3 Å². The SMILES string of the molecule is C/C(=N\NC(=O)COc1cccc2cccnc12)c1cnccn1. The molecule has 24 heavy (non-hydrogen) atoms. The molecule has 0 aliphatic carbocycles. The van der Waals surface area contributed by atoms with E-state index in [9.17, 15) is 4.79 Å². The molecule has 7 heteroatoms. The van der Waals surface area contributed by atoms with Gasteiger partial charge in [0, 0.05) is 24.0 Å². The third-order valence-electron chi connectivity index (χ3n) is 3.24. The highest BCUT2D eigenvalue weighted by molar-refractivity contribution is 5.97. The Morgan fingerprint density at radius 1 is 1.17 bits per heavy atom. The van der Waals surface area contributed by atoms with Gasteiger partial charge in [-0.25, -0.2) is 5.43 Å². The number of nitrogens with one attached hydrogen (secondary N) is 1. The summed E-state index contributed by atoms with van der Waals surface area (Å²) < 4.78 is 5.55. The molecule has 7 nitrogen and oxygen atoms in total. The number of nitrogens with zero attached hydrogens (tertiary/aromatic N) is 4. The Kier molecular flexibility index (Phi) is 4.71. The van der Waals surface area contributed by atoms with Crippen molar-refractivity contribution in [2.75, 3.05) is 6.61 Å². The number of amides is 1. The fourth-order valence-corrected chi connectivity index (χ4v) is 2.06. The van der Waals surface area contributed by atoms with Crippen molar-refractivity contribution in [3.05, 3.63) is 60.8 Å². The van der Waals surface area contributed by atoms with E-state index in [0.717, 1.165) is 5.39 Å². The minimum absolute atomic E-state index is 0.160. The van der Waals surface area contributed by atoms with Gasteiger partial charge in [-0.05, 0) is 19.1 Å². The van der Waals surface area contributed by atoms with Crippen LogP contribution in [0.15, 0.2) is 60.2 Å². The molecular formula is C17H15N5O2. The maximum absolute atomic E-state index is 11.9. The van der Waals surface area contributed by atoms with Crippen molar-refractivity contribution in [1.29, 1.82) is 0 Å². The Balaban J connectivity index is 1.61. The Labute approximate surface area is 138 Å². The number of fused-ring (bicyclic) bond motifs is 1. The summed E-state index contributed by atoms with van der Waals surface area (Å²) >= 11 is 0. The molecule has 0 aliphatic heterocycles. The minimum atomic E-state index is -0.369. The second kappa shape index (κ2) is 7.28. The molecule has 2 aromatic heterocycles. The summed E-state index contributed by atoms with van der Waals surface area (Å²) in [5.41, 5.74) is 4.30. The van der Waals surface area contributed by atoms with Crippen LogP contribution in [0.3, 0.4) is 0 Å². The predicted molar refractivity (Wildman–Crippen MR) is 89.6 cm³/mol. The Bertz CT molecular complexity index is 875. The second-order valence-electron chi connectivity index (χ2n) is 4.94. The molecule has 0 atom stereocenters. The van der Waals surface area contributed by atoms with Crippen LogP contribution in [-0.2, 0) is 4.79 Å². The van der Waals surface area contributed by atoms with Crippen LogP contribution in [0.2, 0.25) is 0 Å². The zero-order valence-corrected chi connectivity index (χ0v) is 13.0. The smallest absolute Gasteiger partial charge is 0.277 e. The first kappa shape index (κ1) is 15.5. The van der Waals surface area contributed by atoms with Gasteiger partial charge in [-0.2, -0.15) is 5.10 Å². The summed E-state index contributed by atoms with van der Waals surface area (Å²) in [6, 6.07) is 9.35. The number of ether oxygens (including phenoxy) is 1. The highest BCUT2D eigenvalue weighted by atomic mass is 16.5. The number of aromatic nitrogens is 3. The van der Waals surface area contributed by atoms with Crippen molar-refractivity contribution in [2.24, 2.45) is 5.10 Å². The van der Waals surface area contributed by atoms with E-state index in [2.05, 4.69) is 25.5 Å². The summed E-state index contributed by atoms with van der Waals surface area (Å²) in [5, 5.41) is 4.94. The molecule has 3 rings (SSSR count). The van der Waals surface area contributed by atoms with Crippen LogP contribution in [0, 0.1) is 0 Å². The fourth-order valence-electron chi connectivity index (χ4n) is 2.06. The van der Waals surface area contributed by atoms with Crippen LogP contribution in [0.5, 0.6) is 5.75 Å². The van der Waals surface area contributed by atoms with Gasteiger partial charge in [-0.15, -0.1) is 0 Å². The highest BCUT2D eigenvalue weighted by Gasteiger charge is 2.06. The van der Waals surface area contributed by atoms with Gasteiger partial charge in [0.25, 0.3) is 5.91 Å². The van der Waals surface area contributed by atoms with Crippen molar-refractivity contribution < 1.29 is 9.53 Å². The quantitative estimate of drug-likeness (QED) is 0.573. The van der Waals surface area contributed by atoms with E-state index in [-0.39, 0.29) is 12.5 Å². The molecule has 0 radical (unpaired) electrons. The lowest BCUT2D eigenvalue weighted by atomic mass is 10.2. The summed E-state index contributed by atoms with van der Waals surface area (Å²) in [5.74, 6) is 0.184. The molecule has 0 spiro atoms. The van der Waals surface area contributed by atoms with E-state index in [1.54, 1.807) is 37.8 Å². The number of carbonyl (C=O) groups is 1. The number of hydrogen-bond acceptors (Lipinski definition) is 6. The molecule has 1 aromatic carbocycles. The van der Waals surface area contributed by atoms with Crippen LogP contribution >= 0.6 is 0 Å². The lowest BCUT2D eigenvalue weighted by Gasteiger charge is -2.07. The van der Waals surface area contributed by atoms with E-state index < -0.39 is 0 Å². The molecule has 0 bridgehead atoms. The molecule has 1 amide bonds. The maximum atomic E-state index is 11.9. The van der Waals surface area contributed by atoms with Gasteiger partial charge in [0.1, 0.15) is 17.0 Å². The normalized spacial score (nSPS) is 11.3. The van der Waals surface area contributed by atoms with Crippen molar-refractivity contribution in [3.8, 4) is 5.75 Å². The van der Waals surface area contributed by atoms with Crippen molar-refractivity contribution >= 4 is 22.5 Å².